The standard InChI is InChI=1S/C14H12N6O/c15-10-3-1-9(2-4-10)12-13(14(21)20-18-12)19-17-11-5-7-16-8-6-11/h1-8H,15H2,(H2,18,20,21). The van der Waals surface area contributed by atoms with Crippen LogP contribution in [0.3, 0.4) is 0 Å². The average Bonchev–Trinajstić information content (AvgIpc) is 2.88. The lowest BCUT2D eigenvalue weighted by Crippen LogP contribution is -1.96. The molecule has 2 aromatic heterocycles. The number of nitrogen functional groups attached to an aromatic ring is 1. The van der Waals surface area contributed by atoms with Gasteiger partial charge in [-0.1, -0.05) is 12.1 Å². The van der Waals surface area contributed by atoms with E-state index in [4.69, 9.17) is 5.73 Å². The predicted molar refractivity (Wildman–Crippen MR) is 79.7 cm³/mol. The van der Waals surface area contributed by atoms with Crippen LogP contribution in [-0.4, -0.2) is 15.2 Å². The number of anilines is 1. The monoisotopic (exact) mass is 280 g/mol. The molecule has 0 fully saturated rings. The molecule has 7 heteroatoms. The molecule has 0 aliphatic rings. The van der Waals surface area contributed by atoms with E-state index in [1.807, 2.05) is 0 Å². The van der Waals surface area contributed by atoms with E-state index in [1.54, 1.807) is 48.8 Å². The van der Waals surface area contributed by atoms with Gasteiger partial charge in [-0.2, -0.15) is 5.11 Å². The van der Waals surface area contributed by atoms with E-state index >= 15 is 0 Å². The molecule has 2 heterocycles. The zero-order valence-corrected chi connectivity index (χ0v) is 10.9. The lowest BCUT2D eigenvalue weighted by atomic mass is 10.1. The minimum absolute atomic E-state index is 0.219. The summed E-state index contributed by atoms with van der Waals surface area (Å²) >= 11 is 0. The van der Waals surface area contributed by atoms with Crippen LogP contribution >= 0.6 is 0 Å². The minimum atomic E-state index is -0.334. The molecule has 7 nitrogen and oxygen atoms in total. The lowest BCUT2D eigenvalue weighted by molar-refractivity contribution is 1.06. The van der Waals surface area contributed by atoms with Gasteiger partial charge in [0.1, 0.15) is 0 Å². The summed E-state index contributed by atoms with van der Waals surface area (Å²) in [5.41, 5.74) is 8.17. The Hall–Kier alpha value is -3.22. The van der Waals surface area contributed by atoms with Crippen LogP contribution in [0.15, 0.2) is 63.8 Å². The first-order valence-electron chi connectivity index (χ1n) is 6.22. The third kappa shape index (κ3) is 2.71. The van der Waals surface area contributed by atoms with Gasteiger partial charge >= 0.3 is 0 Å². The van der Waals surface area contributed by atoms with E-state index < -0.39 is 0 Å². The number of azo groups is 1. The van der Waals surface area contributed by atoms with Gasteiger partial charge in [-0.15, -0.1) is 5.11 Å². The Balaban J connectivity index is 2.00. The van der Waals surface area contributed by atoms with Crippen LogP contribution in [-0.2, 0) is 0 Å². The van der Waals surface area contributed by atoms with E-state index in [0.29, 0.717) is 17.1 Å². The number of hydrogen-bond donors (Lipinski definition) is 3. The molecule has 0 aliphatic heterocycles. The molecule has 0 spiro atoms. The first kappa shape index (κ1) is 12.8. The van der Waals surface area contributed by atoms with Gasteiger partial charge in [0, 0.05) is 23.6 Å². The van der Waals surface area contributed by atoms with Crippen molar-refractivity contribution in [3.05, 3.63) is 59.1 Å². The molecule has 0 saturated heterocycles. The number of nitrogens with one attached hydrogen (secondary N) is 2. The largest absolute Gasteiger partial charge is 0.399 e. The van der Waals surface area contributed by atoms with Crippen LogP contribution in [0.2, 0.25) is 0 Å². The number of rotatable bonds is 3. The summed E-state index contributed by atoms with van der Waals surface area (Å²) in [7, 11) is 0. The Morgan fingerprint density at radius 1 is 0.952 bits per heavy atom. The molecule has 3 aromatic rings. The summed E-state index contributed by atoms with van der Waals surface area (Å²) in [4.78, 5) is 15.7. The highest BCUT2D eigenvalue weighted by Gasteiger charge is 2.11. The number of nitrogens with zero attached hydrogens (tertiary/aromatic N) is 3. The van der Waals surface area contributed by atoms with E-state index in [9.17, 15) is 4.79 Å². The highest BCUT2D eigenvalue weighted by atomic mass is 16.1. The van der Waals surface area contributed by atoms with Crippen molar-refractivity contribution >= 4 is 17.1 Å². The Bertz CT molecular complexity index is 817. The molecule has 0 radical (unpaired) electrons. The molecule has 0 amide bonds. The number of nitrogens with two attached hydrogens (primary N) is 1. The Morgan fingerprint density at radius 3 is 2.38 bits per heavy atom. The summed E-state index contributed by atoms with van der Waals surface area (Å²) in [6, 6.07) is 10.5. The second-order valence-electron chi connectivity index (χ2n) is 4.33. The van der Waals surface area contributed by atoms with E-state index in [-0.39, 0.29) is 11.2 Å². The maximum atomic E-state index is 11.8. The third-order valence-corrected chi connectivity index (χ3v) is 2.88. The normalized spacial score (nSPS) is 11.0. The van der Waals surface area contributed by atoms with Crippen LogP contribution in [0, 0.1) is 0 Å². The van der Waals surface area contributed by atoms with Crippen molar-refractivity contribution in [2.75, 3.05) is 5.73 Å². The highest BCUT2D eigenvalue weighted by Crippen LogP contribution is 2.26. The van der Waals surface area contributed by atoms with Gasteiger partial charge in [0.25, 0.3) is 5.56 Å². The van der Waals surface area contributed by atoms with Gasteiger partial charge in [-0.05, 0) is 24.3 Å². The summed E-state index contributed by atoms with van der Waals surface area (Å²) in [5, 5.41) is 13.4. The van der Waals surface area contributed by atoms with Gasteiger partial charge in [-0.25, -0.2) is 0 Å². The zero-order valence-electron chi connectivity index (χ0n) is 10.9. The molecule has 0 aliphatic carbocycles. The maximum Gasteiger partial charge on any atom is 0.292 e. The molecule has 104 valence electrons. The molecular formula is C14H12N6O. The number of hydrogen-bond acceptors (Lipinski definition) is 5. The first-order chi connectivity index (χ1) is 10.2. The van der Waals surface area contributed by atoms with Crippen molar-refractivity contribution in [3.8, 4) is 11.3 Å². The fraction of sp³-hybridized carbons (Fsp3) is 0. The fourth-order valence-electron chi connectivity index (χ4n) is 1.82. The summed E-state index contributed by atoms with van der Waals surface area (Å²) in [5.74, 6) is 0. The lowest BCUT2D eigenvalue weighted by Gasteiger charge is -1.99. The van der Waals surface area contributed by atoms with Crippen molar-refractivity contribution in [1.82, 2.24) is 15.2 Å². The Kier molecular flexibility index (Phi) is 3.30. The Labute approximate surface area is 119 Å². The first-order valence-corrected chi connectivity index (χ1v) is 6.22. The van der Waals surface area contributed by atoms with E-state index in [2.05, 4.69) is 25.4 Å². The van der Waals surface area contributed by atoms with Gasteiger partial charge in [-0.3, -0.25) is 20.0 Å². The van der Waals surface area contributed by atoms with Gasteiger partial charge in [0.15, 0.2) is 5.69 Å². The zero-order chi connectivity index (χ0) is 14.7. The third-order valence-electron chi connectivity index (χ3n) is 2.88. The quantitative estimate of drug-likeness (QED) is 0.506. The summed E-state index contributed by atoms with van der Waals surface area (Å²) in [6.45, 7) is 0. The van der Waals surface area contributed by atoms with Crippen molar-refractivity contribution in [3.63, 3.8) is 0 Å². The molecule has 0 atom stereocenters. The second kappa shape index (κ2) is 5.41. The Morgan fingerprint density at radius 2 is 1.67 bits per heavy atom. The molecule has 0 bridgehead atoms. The highest BCUT2D eigenvalue weighted by molar-refractivity contribution is 5.72. The van der Waals surface area contributed by atoms with Crippen molar-refractivity contribution in [1.29, 1.82) is 0 Å². The smallest absolute Gasteiger partial charge is 0.292 e. The number of pyridine rings is 1. The topological polar surface area (TPSA) is 112 Å². The molecular weight excluding hydrogens is 268 g/mol. The van der Waals surface area contributed by atoms with Crippen LogP contribution in [0.4, 0.5) is 17.1 Å². The SMILES string of the molecule is Nc1ccc(-c2[nH][nH]c(=O)c2N=Nc2ccncc2)cc1. The number of aromatic nitrogens is 3. The van der Waals surface area contributed by atoms with Gasteiger partial charge in [0.05, 0.1) is 11.4 Å². The average molecular weight is 280 g/mol. The fourth-order valence-corrected chi connectivity index (χ4v) is 1.82. The number of H-pyrrole nitrogens is 2. The molecule has 4 N–H and O–H groups in total. The van der Waals surface area contributed by atoms with Crippen LogP contribution < -0.4 is 11.3 Å². The van der Waals surface area contributed by atoms with Crippen LogP contribution in [0.5, 0.6) is 0 Å². The number of benzene rings is 1. The van der Waals surface area contributed by atoms with E-state index in [0.717, 1.165) is 5.56 Å². The maximum absolute atomic E-state index is 11.8. The van der Waals surface area contributed by atoms with Crippen molar-refractivity contribution in [2.24, 2.45) is 10.2 Å². The van der Waals surface area contributed by atoms with Crippen molar-refractivity contribution in [2.45, 2.75) is 0 Å². The van der Waals surface area contributed by atoms with Crippen LogP contribution in [0.25, 0.3) is 11.3 Å². The van der Waals surface area contributed by atoms with Gasteiger partial charge < -0.3 is 5.73 Å². The summed E-state index contributed by atoms with van der Waals surface area (Å²) < 4.78 is 0. The predicted octanol–water partition coefficient (Wildman–Crippen LogP) is 2.76. The molecule has 0 saturated carbocycles. The minimum Gasteiger partial charge on any atom is -0.399 e. The molecule has 3 rings (SSSR count). The van der Waals surface area contributed by atoms with Crippen molar-refractivity contribution < 1.29 is 0 Å². The molecule has 0 unspecified atom stereocenters. The molecule has 21 heavy (non-hydrogen) atoms. The van der Waals surface area contributed by atoms with Gasteiger partial charge in [0.2, 0.25) is 0 Å². The van der Waals surface area contributed by atoms with Crippen LogP contribution in [0.1, 0.15) is 0 Å². The second-order valence-corrected chi connectivity index (χ2v) is 4.33. The molecule has 1 aromatic carbocycles. The van der Waals surface area contributed by atoms with E-state index in [1.165, 1.54) is 0 Å². The number of aromatic amines is 2. The summed E-state index contributed by atoms with van der Waals surface area (Å²) in [6.07, 6.45) is 3.22.